The van der Waals surface area contributed by atoms with Crippen molar-refractivity contribution in [2.75, 3.05) is 0 Å². The van der Waals surface area contributed by atoms with Crippen LogP contribution in [0.3, 0.4) is 0 Å². The van der Waals surface area contributed by atoms with E-state index >= 15 is 0 Å². The molecule has 2 nitrogen and oxygen atoms in total. The Kier molecular flexibility index (Phi) is 3.03. The minimum Gasteiger partial charge on any atom is -0.427 e. The maximum absolute atomic E-state index is 9.62. The van der Waals surface area contributed by atoms with Crippen LogP contribution in [0.2, 0.25) is 5.82 Å². The second kappa shape index (κ2) is 3.99. The lowest BCUT2D eigenvalue weighted by atomic mass is 9.52. The van der Waals surface area contributed by atoms with Crippen molar-refractivity contribution in [1.82, 2.24) is 0 Å². The highest BCUT2D eigenvalue weighted by atomic mass is 16.4. The molecule has 94 valence electrons. The van der Waals surface area contributed by atoms with Crippen LogP contribution in [0.1, 0.15) is 47.0 Å². The van der Waals surface area contributed by atoms with Gasteiger partial charge in [-0.15, -0.1) is 0 Å². The summed E-state index contributed by atoms with van der Waals surface area (Å²) in [6, 6.07) is 0. The van der Waals surface area contributed by atoms with Gasteiger partial charge < -0.3 is 10.0 Å². The third-order valence-electron chi connectivity index (χ3n) is 4.39. The standard InChI is InChI=1S/C14H23BO2/c1-13(2)8-9-14(3,4)12-10(13)6-5-7-11(12)15(16)17/h8-9,11,16-17H,5-7H2,1-4H3. The lowest BCUT2D eigenvalue weighted by Crippen LogP contribution is -2.36. The van der Waals surface area contributed by atoms with Gasteiger partial charge in [-0.05, 0) is 19.3 Å². The highest BCUT2D eigenvalue weighted by Crippen LogP contribution is 2.54. The first-order valence-electron chi connectivity index (χ1n) is 6.56. The fourth-order valence-corrected chi connectivity index (χ4v) is 3.44. The van der Waals surface area contributed by atoms with Crippen LogP contribution in [-0.2, 0) is 0 Å². The molecule has 0 saturated heterocycles. The van der Waals surface area contributed by atoms with E-state index in [2.05, 4.69) is 39.8 Å². The molecule has 0 heterocycles. The molecule has 0 bridgehead atoms. The summed E-state index contributed by atoms with van der Waals surface area (Å²) in [4.78, 5) is 0. The van der Waals surface area contributed by atoms with Crippen molar-refractivity contribution >= 4 is 7.12 Å². The molecule has 0 spiro atoms. The first-order valence-corrected chi connectivity index (χ1v) is 6.56. The van der Waals surface area contributed by atoms with Crippen LogP contribution in [0.5, 0.6) is 0 Å². The van der Waals surface area contributed by atoms with Crippen LogP contribution in [0.25, 0.3) is 0 Å². The van der Waals surface area contributed by atoms with Crippen LogP contribution >= 0.6 is 0 Å². The molecule has 17 heavy (non-hydrogen) atoms. The predicted octanol–water partition coefficient (Wildman–Crippen LogP) is 2.93. The third kappa shape index (κ3) is 2.11. The van der Waals surface area contributed by atoms with Crippen molar-refractivity contribution in [2.24, 2.45) is 10.8 Å². The number of hydrogen-bond acceptors (Lipinski definition) is 2. The van der Waals surface area contributed by atoms with Gasteiger partial charge in [0.2, 0.25) is 0 Å². The Hall–Kier alpha value is -0.535. The molecule has 0 aromatic carbocycles. The van der Waals surface area contributed by atoms with E-state index in [0.717, 1.165) is 19.3 Å². The Morgan fingerprint density at radius 1 is 1.12 bits per heavy atom. The van der Waals surface area contributed by atoms with E-state index in [4.69, 9.17) is 0 Å². The van der Waals surface area contributed by atoms with Gasteiger partial charge in [-0.3, -0.25) is 0 Å². The van der Waals surface area contributed by atoms with Crippen LogP contribution in [0.4, 0.5) is 0 Å². The molecule has 0 aromatic heterocycles. The quantitative estimate of drug-likeness (QED) is 0.541. The molecule has 0 aliphatic heterocycles. The van der Waals surface area contributed by atoms with Crippen molar-refractivity contribution in [3.63, 3.8) is 0 Å². The van der Waals surface area contributed by atoms with E-state index in [0.29, 0.717) is 0 Å². The zero-order valence-electron chi connectivity index (χ0n) is 11.3. The molecular formula is C14H23BO2. The van der Waals surface area contributed by atoms with Gasteiger partial charge in [-0.1, -0.05) is 51.0 Å². The first-order chi connectivity index (χ1) is 7.76. The van der Waals surface area contributed by atoms with E-state index in [-0.39, 0.29) is 16.6 Å². The van der Waals surface area contributed by atoms with E-state index < -0.39 is 7.12 Å². The van der Waals surface area contributed by atoms with Crippen molar-refractivity contribution in [3.8, 4) is 0 Å². The van der Waals surface area contributed by atoms with Crippen molar-refractivity contribution < 1.29 is 10.0 Å². The second-order valence-corrected chi connectivity index (χ2v) is 6.58. The zero-order valence-corrected chi connectivity index (χ0v) is 11.3. The molecule has 1 unspecified atom stereocenters. The summed E-state index contributed by atoms with van der Waals surface area (Å²) >= 11 is 0. The Labute approximate surface area is 105 Å². The predicted molar refractivity (Wildman–Crippen MR) is 71.5 cm³/mol. The third-order valence-corrected chi connectivity index (χ3v) is 4.39. The molecule has 0 saturated carbocycles. The Balaban J connectivity index is 2.54. The van der Waals surface area contributed by atoms with Gasteiger partial charge in [0.05, 0.1) is 0 Å². The van der Waals surface area contributed by atoms with Crippen LogP contribution < -0.4 is 0 Å². The average Bonchev–Trinajstić information content (AvgIpc) is 2.24. The van der Waals surface area contributed by atoms with Crippen LogP contribution in [0, 0.1) is 10.8 Å². The van der Waals surface area contributed by atoms with Crippen LogP contribution in [-0.4, -0.2) is 17.2 Å². The first kappa shape index (κ1) is 12.9. The van der Waals surface area contributed by atoms with Crippen LogP contribution in [0.15, 0.2) is 23.3 Å². The topological polar surface area (TPSA) is 40.5 Å². The molecule has 0 amide bonds. The van der Waals surface area contributed by atoms with Gasteiger partial charge in [-0.2, -0.15) is 0 Å². The number of rotatable bonds is 1. The van der Waals surface area contributed by atoms with Gasteiger partial charge >= 0.3 is 7.12 Å². The molecule has 0 radical (unpaired) electrons. The lowest BCUT2D eigenvalue weighted by Gasteiger charge is -2.45. The molecule has 2 aliphatic rings. The van der Waals surface area contributed by atoms with E-state index in [1.807, 2.05) is 0 Å². The van der Waals surface area contributed by atoms with Crippen molar-refractivity contribution in [3.05, 3.63) is 23.3 Å². The smallest absolute Gasteiger partial charge is 0.427 e. The fraction of sp³-hybridized carbons (Fsp3) is 0.714. The summed E-state index contributed by atoms with van der Waals surface area (Å²) in [6.45, 7) is 8.80. The largest absolute Gasteiger partial charge is 0.459 e. The summed E-state index contributed by atoms with van der Waals surface area (Å²) in [5.41, 5.74) is 2.72. The summed E-state index contributed by atoms with van der Waals surface area (Å²) < 4.78 is 0. The summed E-state index contributed by atoms with van der Waals surface area (Å²) in [7, 11) is -1.22. The molecule has 0 fully saturated rings. The average molecular weight is 234 g/mol. The van der Waals surface area contributed by atoms with E-state index in [9.17, 15) is 10.0 Å². The fourth-order valence-electron chi connectivity index (χ4n) is 3.44. The van der Waals surface area contributed by atoms with E-state index in [1.54, 1.807) is 0 Å². The zero-order chi connectivity index (χ0) is 12.8. The monoisotopic (exact) mass is 234 g/mol. The van der Waals surface area contributed by atoms with Crippen molar-refractivity contribution in [1.29, 1.82) is 0 Å². The molecule has 2 rings (SSSR count). The van der Waals surface area contributed by atoms with Gasteiger partial charge in [-0.25, -0.2) is 0 Å². The highest BCUT2D eigenvalue weighted by Gasteiger charge is 2.43. The Morgan fingerprint density at radius 3 is 2.29 bits per heavy atom. The number of hydrogen-bond donors (Lipinski definition) is 2. The molecule has 3 heteroatoms. The SMILES string of the molecule is CC1(C)C=CC(C)(C)C2=C1CCCC2B(O)O. The van der Waals surface area contributed by atoms with Gasteiger partial charge in [0.15, 0.2) is 0 Å². The summed E-state index contributed by atoms with van der Waals surface area (Å²) in [6.07, 6.45) is 7.56. The Morgan fingerprint density at radius 2 is 1.71 bits per heavy atom. The normalized spacial score (nSPS) is 30.1. The second-order valence-electron chi connectivity index (χ2n) is 6.58. The summed E-state index contributed by atoms with van der Waals surface area (Å²) in [5.74, 6) is -0.0852. The van der Waals surface area contributed by atoms with Gasteiger partial charge in [0.25, 0.3) is 0 Å². The minimum atomic E-state index is -1.22. The minimum absolute atomic E-state index is 0.0420. The van der Waals surface area contributed by atoms with Gasteiger partial charge in [0, 0.05) is 16.6 Å². The molecule has 1 atom stereocenters. The van der Waals surface area contributed by atoms with Gasteiger partial charge in [0.1, 0.15) is 0 Å². The van der Waals surface area contributed by atoms with Crippen molar-refractivity contribution in [2.45, 2.75) is 52.8 Å². The molecule has 2 aliphatic carbocycles. The maximum atomic E-state index is 9.62. The lowest BCUT2D eigenvalue weighted by molar-refractivity contribution is 0.348. The molecule has 0 aromatic rings. The molecular weight excluding hydrogens is 211 g/mol. The Bertz CT molecular complexity index is 378. The number of allylic oxidation sites excluding steroid dienone is 4. The maximum Gasteiger partial charge on any atom is 0.459 e. The summed E-state index contributed by atoms with van der Waals surface area (Å²) in [5, 5.41) is 19.2. The highest BCUT2D eigenvalue weighted by molar-refractivity contribution is 6.44. The molecule has 2 N–H and O–H groups in total. The van der Waals surface area contributed by atoms with E-state index in [1.165, 1.54) is 11.1 Å².